The lowest BCUT2D eigenvalue weighted by Gasteiger charge is -2.06. The summed E-state index contributed by atoms with van der Waals surface area (Å²) in [6.07, 6.45) is 1.94. The van der Waals surface area contributed by atoms with Gasteiger partial charge in [-0.2, -0.15) is 0 Å². The Balaban J connectivity index is 1.70. The number of aromatic nitrogens is 2. The van der Waals surface area contributed by atoms with E-state index >= 15 is 0 Å². The fourth-order valence-electron chi connectivity index (χ4n) is 2.51. The number of H-pyrrole nitrogens is 1. The van der Waals surface area contributed by atoms with E-state index in [1.165, 1.54) is 0 Å². The number of amides is 2. The number of carbonyl (C=O) groups excluding carboxylic acids is 2. The molecule has 2 aromatic heterocycles. The molecule has 2 amide bonds. The van der Waals surface area contributed by atoms with E-state index in [9.17, 15) is 9.59 Å². The maximum atomic E-state index is 12.2. The second-order valence-electron chi connectivity index (χ2n) is 5.37. The lowest BCUT2D eigenvalue weighted by Crippen LogP contribution is -2.23. The second-order valence-corrected chi connectivity index (χ2v) is 5.37. The smallest absolute Gasteiger partial charge is 0.268 e. The molecule has 3 N–H and O–H groups in total. The molecule has 118 valence electrons. The molecule has 0 saturated carbocycles. The second kappa shape index (κ2) is 6.00. The molecule has 1 aromatic carbocycles. The predicted octanol–water partition coefficient (Wildman–Crippen LogP) is 1.80. The Hall–Kier alpha value is -3.02. The number of fused-ring (bicyclic) bond motifs is 1. The van der Waals surface area contributed by atoms with Gasteiger partial charge in [0.25, 0.3) is 11.8 Å². The largest absolute Gasteiger partial charge is 0.355 e. The quantitative estimate of drug-likeness (QED) is 0.687. The number of hydrogen-bond donors (Lipinski definition) is 3. The van der Waals surface area contributed by atoms with Crippen LogP contribution < -0.4 is 10.6 Å². The Morgan fingerprint density at radius 3 is 2.74 bits per heavy atom. The van der Waals surface area contributed by atoms with Gasteiger partial charge in [-0.15, -0.1) is 0 Å². The summed E-state index contributed by atoms with van der Waals surface area (Å²) in [7, 11) is 3.52. The van der Waals surface area contributed by atoms with Crippen molar-refractivity contribution < 1.29 is 9.59 Å². The molecular weight excluding hydrogens is 292 g/mol. The van der Waals surface area contributed by atoms with Gasteiger partial charge in [0.1, 0.15) is 5.69 Å². The van der Waals surface area contributed by atoms with Crippen molar-refractivity contribution in [3.63, 3.8) is 0 Å². The first-order valence-electron chi connectivity index (χ1n) is 7.32. The first kappa shape index (κ1) is 14.9. The highest BCUT2D eigenvalue weighted by Gasteiger charge is 2.11. The third-order valence-corrected chi connectivity index (χ3v) is 3.79. The van der Waals surface area contributed by atoms with Crippen LogP contribution in [-0.2, 0) is 13.6 Å². The van der Waals surface area contributed by atoms with Crippen LogP contribution in [0.25, 0.3) is 11.0 Å². The van der Waals surface area contributed by atoms with Crippen LogP contribution in [-0.4, -0.2) is 28.4 Å². The van der Waals surface area contributed by atoms with Crippen LogP contribution in [0.2, 0.25) is 0 Å². The molecule has 0 saturated heterocycles. The summed E-state index contributed by atoms with van der Waals surface area (Å²) in [6.45, 7) is 0.360. The third-order valence-electron chi connectivity index (χ3n) is 3.79. The van der Waals surface area contributed by atoms with Crippen molar-refractivity contribution in [3.05, 3.63) is 59.4 Å². The van der Waals surface area contributed by atoms with E-state index in [1.54, 1.807) is 25.2 Å². The zero-order valence-corrected chi connectivity index (χ0v) is 13.0. The standard InChI is InChI=1S/C17H18N4O2/c1-18-16(22)12-5-3-4-11(8-12)10-19-17(23)14-9-15-13(20-14)6-7-21(15)2/h3-9,20H,10H2,1-2H3,(H,18,22)(H,19,23). The van der Waals surface area contributed by atoms with E-state index in [1.807, 2.05) is 36.0 Å². The Morgan fingerprint density at radius 2 is 2.00 bits per heavy atom. The number of hydrogen-bond acceptors (Lipinski definition) is 2. The van der Waals surface area contributed by atoms with Crippen molar-refractivity contribution in [1.29, 1.82) is 0 Å². The first-order chi connectivity index (χ1) is 11.1. The van der Waals surface area contributed by atoms with Crippen LogP contribution in [0.5, 0.6) is 0 Å². The monoisotopic (exact) mass is 310 g/mol. The van der Waals surface area contributed by atoms with Crippen LogP contribution >= 0.6 is 0 Å². The molecule has 0 unspecified atom stereocenters. The summed E-state index contributed by atoms with van der Waals surface area (Å²) in [5, 5.41) is 5.44. The number of aromatic amines is 1. The van der Waals surface area contributed by atoms with Gasteiger partial charge >= 0.3 is 0 Å². The number of benzene rings is 1. The third kappa shape index (κ3) is 2.96. The summed E-state index contributed by atoms with van der Waals surface area (Å²) in [5.74, 6) is -0.319. The van der Waals surface area contributed by atoms with E-state index in [-0.39, 0.29) is 11.8 Å². The van der Waals surface area contributed by atoms with E-state index < -0.39 is 0 Å². The van der Waals surface area contributed by atoms with Gasteiger partial charge in [-0.05, 0) is 29.8 Å². The Bertz CT molecular complexity index is 876. The molecule has 3 aromatic rings. The molecule has 0 bridgehead atoms. The van der Waals surface area contributed by atoms with E-state index in [0.717, 1.165) is 16.6 Å². The molecule has 0 aliphatic carbocycles. The zero-order valence-electron chi connectivity index (χ0n) is 13.0. The lowest BCUT2D eigenvalue weighted by atomic mass is 10.1. The molecule has 6 heteroatoms. The van der Waals surface area contributed by atoms with Crippen molar-refractivity contribution in [2.24, 2.45) is 7.05 Å². The zero-order chi connectivity index (χ0) is 16.4. The Morgan fingerprint density at radius 1 is 1.17 bits per heavy atom. The van der Waals surface area contributed by atoms with Crippen molar-refractivity contribution in [1.82, 2.24) is 20.2 Å². The fourth-order valence-corrected chi connectivity index (χ4v) is 2.51. The van der Waals surface area contributed by atoms with Gasteiger partial charge in [-0.1, -0.05) is 12.1 Å². The maximum absolute atomic E-state index is 12.2. The average Bonchev–Trinajstić information content (AvgIpc) is 3.14. The van der Waals surface area contributed by atoms with Gasteiger partial charge in [0.05, 0.1) is 11.0 Å². The highest BCUT2D eigenvalue weighted by molar-refractivity contribution is 5.97. The number of carbonyl (C=O) groups is 2. The van der Waals surface area contributed by atoms with E-state index in [0.29, 0.717) is 17.8 Å². The van der Waals surface area contributed by atoms with Crippen molar-refractivity contribution in [2.45, 2.75) is 6.54 Å². The van der Waals surface area contributed by atoms with Crippen LogP contribution in [0.15, 0.2) is 42.6 Å². The van der Waals surface area contributed by atoms with Crippen LogP contribution in [0.1, 0.15) is 26.4 Å². The van der Waals surface area contributed by atoms with Gasteiger partial charge in [0, 0.05) is 32.4 Å². The highest BCUT2D eigenvalue weighted by Crippen LogP contribution is 2.15. The van der Waals surface area contributed by atoms with Gasteiger partial charge in [0.15, 0.2) is 0 Å². The normalized spacial score (nSPS) is 10.7. The number of nitrogens with one attached hydrogen (secondary N) is 3. The summed E-state index contributed by atoms with van der Waals surface area (Å²) >= 11 is 0. The molecular formula is C17H18N4O2. The average molecular weight is 310 g/mol. The number of nitrogens with zero attached hydrogens (tertiary/aromatic N) is 1. The first-order valence-corrected chi connectivity index (χ1v) is 7.32. The number of aryl methyl sites for hydroxylation is 1. The molecule has 6 nitrogen and oxygen atoms in total. The molecule has 0 aliphatic rings. The molecule has 0 fully saturated rings. The van der Waals surface area contributed by atoms with E-state index in [4.69, 9.17) is 0 Å². The van der Waals surface area contributed by atoms with Gasteiger partial charge in [-0.3, -0.25) is 9.59 Å². The Kier molecular flexibility index (Phi) is 3.89. The van der Waals surface area contributed by atoms with Crippen molar-refractivity contribution >= 4 is 22.8 Å². The van der Waals surface area contributed by atoms with Crippen LogP contribution in [0.4, 0.5) is 0 Å². The fraction of sp³-hybridized carbons (Fsp3) is 0.176. The molecule has 0 spiro atoms. The van der Waals surface area contributed by atoms with Gasteiger partial charge in [0.2, 0.25) is 0 Å². The molecule has 0 aliphatic heterocycles. The Labute approximate surface area is 133 Å². The van der Waals surface area contributed by atoms with E-state index in [2.05, 4.69) is 15.6 Å². The molecule has 0 radical (unpaired) electrons. The molecule has 23 heavy (non-hydrogen) atoms. The molecule has 2 heterocycles. The van der Waals surface area contributed by atoms with Gasteiger partial charge < -0.3 is 20.2 Å². The van der Waals surface area contributed by atoms with Crippen molar-refractivity contribution in [2.75, 3.05) is 7.05 Å². The van der Waals surface area contributed by atoms with Crippen LogP contribution in [0, 0.1) is 0 Å². The topological polar surface area (TPSA) is 78.9 Å². The molecule has 0 atom stereocenters. The van der Waals surface area contributed by atoms with Gasteiger partial charge in [-0.25, -0.2) is 0 Å². The number of rotatable bonds is 4. The summed E-state index contributed by atoms with van der Waals surface area (Å²) in [4.78, 5) is 27.0. The minimum absolute atomic E-state index is 0.145. The highest BCUT2D eigenvalue weighted by atomic mass is 16.2. The summed E-state index contributed by atoms with van der Waals surface area (Å²) in [6, 6.07) is 10.9. The SMILES string of the molecule is CNC(=O)c1cccc(CNC(=O)c2cc3c(ccn3C)[nH]2)c1. The van der Waals surface area contributed by atoms with Crippen LogP contribution in [0.3, 0.4) is 0 Å². The molecule has 3 rings (SSSR count). The van der Waals surface area contributed by atoms with Crippen molar-refractivity contribution in [3.8, 4) is 0 Å². The predicted molar refractivity (Wildman–Crippen MR) is 88.3 cm³/mol. The lowest BCUT2D eigenvalue weighted by molar-refractivity contribution is 0.0945. The summed E-state index contributed by atoms with van der Waals surface area (Å²) < 4.78 is 1.95. The maximum Gasteiger partial charge on any atom is 0.268 e. The minimum Gasteiger partial charge on any atom is -0.355 e. The summed E-state index contributed by atoms with van der Waals surface area (Å²) in [5.41, 5.74) is 3.88. The minimum atomic E-state index is -0.174.